The van der Waals surface area contributed by atoms with Crippen molar-refractivity contribution in [3.8, 4) is 6.07 Å². The van der Waals surface area contributed by atoms with Gasteiger partial charge in [0.25, 0.3) is 0 Å². The molecule has 58 valence electrons. The number of nitrogens with one attached hydrogen (secondary N) is 1. The van der Waals surface area contributed by atoms with E-state index >= 15 is 0 Å². The van der Waals surface area contributed by atoms with Crippen molar-refractivity contribution in [2.24, 2.45) is 0 Å². The SMILES string of the molecule is N#Cc1ncc2c(N)c[nH]c2n1. The number of nitrogens with zero attached hydrogens (tertiary/aromatic N) is 3. The highest BCUT2D eigenvalue weighted by atomic mass is 14.9. The van der Waals surface area contributed by atoms with Gasteiger partial charge in [-0.15, -0.1) is 0 Å². The molecule has 0 unspecified atom stereocenters. The van der Waals surface area contributed by atoms with Gasteiger partial charge in [-0.05, 0) is 0 Å². The van der Waals surface area contributed by atoms with E-state index in [-0.39, 0.29) is 5.82 Å². The molecule has 0 aromatic carbocycles. The van der Waals surface area contributed by atoms with E-state index in [9.17, 15) is 0 Å². The lowest BCUT2D eigenvalue weighted by Crippen LogP contribution is -1.88. The van der Waals surface area contributed by atoms with Crippen molar-refractivity contribution >= 4 is 16.7 Å². The molecule has 0 amide bonds. The van der Waals surface area contributed by atoms with Gasteiger partial charge in [0.05, 0.1) is 11.1 Å². The quantitative estimate of drug-likeness (QED) is 0.582. The predicted octanol–water partition coefficient (Wildman–Crippen LogP) is 0.412. The highest BCUT2D eigenvalue weighted by Crippen LogP contribution is 2.16. The van der Waals surface area contributed by atoms with Crippen LogP contribution in [0.15, 0.2) is 12.4 Å². The van der Waals surface area contributed by atoms with Gasteiger partial charge < -0.3 is 10.7 Å². The third kappa shape index (κ3) is 0.787. The van der Waals surface area contributed by atoms with E-state index in [1.807, 2.05) is 6.07 Å². The number of fused-ring (bicyclic) bond motifs is 1. The zero-order chi connectivity index (χ0) is 8.55. The van der Waals surface area contributed by atoms with Crippen LogP contribution in [0.1, 0.15) is 5.82 Å². The van der Waals surface area contributed by atoms with Gasteiger partial charge in [0.15, 0.2) is 0 Å². The van der Waals surface area contributed by atoms with Crippen LogP contribution in [0.5, 0.6) is 0 Å². The highest BCUT2D eigenvalue weighted by Gasteiger charge is 2.02. The molecule has 2 aromatic rings. The van der Waals surface area contributed by atoms with Gasteiger partial charge in [0.2, 0.25) is 5.82 Å². The molecule has 0 fully saturated rings. The molecular formula is C7H5N5. The maximum atomic E-state index is 8.48. The third-order valence-corrected chi connectivity index (χ3v) is 1.56. The monoisotopic (exact) mass is 159 g/mol. The molecule has 5 heteroatoms. The Hall–Kier alpha value is -2.09. The first kappa shape index (κ1) is 6.61. The summed E-state index contributed by atoms with van der Waals surface area (Å²) < 4.78 is 0. The number of H-pyrrole nitrogens is 1. The lowest BCUT2D eigenvalue weighted by molar-refractivity contribution is 1.14. The Labute approximate surface area is 67.9 Å². The third-order valence-electron chi connectivity index (χ3n) is 1.56. The minimum Gasteiger partial charge on any atom is -0.397 e. The summed E-state index contributed by atoms with van der Waals surface area (Å²) in [5.74, 6) is 0.143. The van der Waals surface area contributed by atoms with Crippen molar-refractivity contribution in [2.45, 2.75) is 0 Å². The van der Waals surface area contributed by atoms with Crippen molar-refractivity contribution in [1.82, 2.24) is 15.0 Å². The Balaban J connectivity index is 2.80. The van der Waals surface area contributed by atoms with E-state index < -0.39 is 0 Å². The highest BCUT2D eigenvalue weighted by molar-refractivity contribution is 5.87. The Morgan fingerprint density at radius 1 is 1.58 bits per heavy atom. The van der Waals surface area contributed by atoms with Crippen LogP contribution in [0.25, 0.3) is 11.0 Å². The summed E-state index contributed by atoms with van der Waals surface area (Å²) in [6.07, 6.45) is 3.16. The zero-order valence-corrected chi connectivity index (χ0v) is 6.07. The van der Waals surface area contributed by atoms with Gasteiger partial charge >= 0.3 is 0 Å². The number of aromatic nitrogens is 3. The number of nitrogen functional groups attached to an aromatic ring is 1. The Morgan fingerprint density at radius 3 is 3.17 bits per heavy atom. The zero-order valence-electron chi connectivity index (χ0n) is 6.07. The van der Waals surface area contributed by atoms with E-state index in [1.54, 1.807) is 6.20 Å². The number of rotatable bonds is 0. The van der Waals surface area contributed by atoms with Crippen molar-refractivity contribution in [1.29, 1.82) is 5.26 Å². The minimum absolute atomic E-state index is 0.143. The van der Waals surface area contributed by atoms with E-state index in [0.29, 0.717) is 11.3 Å². The first-order chi connectivity index (χ1) is 5.81. The fourth-order valence-corrected chi connectivity index (χ4v) is 0.981. The smallest absolute Gasteiger partial charge is 0.234 e. The second-order valence-corrected chi connectivity index (χ2v) is 2.31. The second kappa shape index (κ2) is 2.20. The predicted molar refractivity (Wildman–Crippen MR) is 43.0 cm³/mol. The maximum Gasteiger partial charge on any atom is 0.234 e. The molecule has 0 bridgehead atoms. The summed E-state index contributed by atoms with van der Waals surface area (Å²) in [5.41, 5.74) is 6.76. The van der Waals surface area contributed by atoms with Crippen LogP contribution in [0.3, 0.4) is 0 Å². The molecule has 12 heavy (non-hydrogen) atoms. The van der Waals surface area contributed by atoms with Crippen molar-refractivity contribution in [3.05, 3.63) is 18.2 Å². The van der Waals surface area contributed by atoms with Gasteiger partial charge in [-0.25, -0.2) is 9.97 Å². The molecule has 2 heterocycles. The number of nitriles is 1. The number of hydrogen-bond donors (Lipinski definition) is 2. The van der Waals surface area contributed by atoms with E-state index in [1.165, 1.54) is 6.20 Å². The van der Waals surface area contributed by atoms with Crippen molar-refractivity contribution < 1.29 is 0 Å². The lowest BCUT2D eigenvalue weighted by Gasteiger charge is -1.89. The van der Waals surface area contributed by atoms with Crippen molar-refractivity contribution in [2.75, 3.05) is 5.73 Å². The van der Waals surface area contributed by atoms with Gasteiger partial charge in [0.1, 0.15) is 11.7 Å². The average molecular weight is 159 g/mol. The first-order valence-electron chi connectivity index (χ1n) is 3.31. The van der Waals surface area contributed by atoms with Crippen LogP contribution in [0.2, 0.25) is 0 Å². The summed E-state index contributed by atoms with van der Waals surface area (Å²) in [6, 6.07) is 1.85. The number of nitrogens with two attached hydrogens (primary N) is 1. The minimum atomic E-state index is 0.143. The fraction of sp³-hybridized carbons (Fsp3) is 0. The fourth-order valence-electron chi connectivity index (χ4n) is 0.981. The van der Waals surface area contributed by atoms with Gasteiger partial charge in [-0.3, -0.25) is 0 Å². The number of aromatic amines is 1. The summed E-state index contributed by atoms with van der Waals surface area (Å²) in [4.78, 5) is 10.5. The van der Waals surface area contributed by atoms with Crippen LogP contribution in [-0.2, 0) is 0 Å². The van der Waals surface area contributed by atoms with E-state index in [2.05, 4.69) is 15.0 Å². The molecule has 3 N–H and O–H groups in total. The van der Waals surface area contributed by atoms with Crippen molar-refractivity contribution in [3.63, 3.8) is 0 Å². The molecule has 0 radical (unpaired) electrons. The lowest BCUT2D eigenvalue weighted by atomic mass is 10.4. The molecular weight excluding hydrogens is 154 g/mol. The summed E-state index contributed by atoms with van der Waals surface area (Å²) in [5, 5.41) is 9.23. The Morgan fingerprint density at radius 2 is 2.42 bits per heavy atom. The molecule has 0 aliphatic rings. The average Bonchev–Trinajstić information content (AvgIpc) is 2.47. The van der Waals surface area contributed by atoms with Crippen LogP contribution < -0.4 is 5.73 Å². The van der Waals surface area contributed by atoms with Crippen LogP contribution in [0.4, 0.5) is 5.69 Å². The molecule has 2 aromatic heterocycles. The Bertz CT molecular complexity index is 464. The molecule has 0 saturated heterocycles. The summed E-state index contributed by atoms with van der Waals surface area (Å²) in [6.45, 7) is 0. The molecule has 5 nitrogen and oxygen atoms in total. The largest absolute Gasteiger partial charge is 0.397 e. The van der Waals surface area contributed by atoms with E-state index in [0.717, 1.165) is 5.39 Å². The van der Waals surface area contributed by atoms with E-state index in [4.69, 9.17) is 11.0 Å². The standard InChI is InChI=1S/C7H5N5/c8-1-6-10-2-4-5(9)3-11-7(4)12-6/h2-3H,9H2,(H,10,11,12). The Kier molecular flexibility index (Phi) is 1.21. The van der Waals surface area contributed by atoms with Gasteiger partial charge in [-0.2, -0.15) is 5.26 Å². The molecule has 0 spiro atoms. The van der Waals surface area contributed by atoms with Gasteiger partial charge in [0, 0.05) is 12.4 Å². The van der Waals surface area contributed by atoms with Gasteiger partial charge in [-0.1, -0.05) is 0 Å². The molecule has 2 rings (SSSR count). The van der Waals surface area contributed by atoms with Crippen LogP contribution >= 0.6 is 0 Å². The van der Waals surface area contributed by atoms with Crippen LogP contribution in [-0.4, -0.2) is 15.0 Å². The maximum absolute atomic E-state index is 8.48. The molecule has 0 atom stereocenters. The normalized spacial score (nSPS) is 9.92. The second-order valence-electron chi connectivity index (χ2n) is 2.31. The molecule has 0 aliphatic heterocycles. The molecule has 0 aliphatic carbocycles. The first-order valence-corrected chi connectivity index (χ1v) is 3.31. The number of hydrogen-bond acceptors (Lipinski definition) is 4. The summed E-state index contributed by atoms with van der Waals surface area (Å²) in [7, 11) is 0. The number of anilines is 1. The molecule has 0 saturated carbocycles. The van der Waals surface area contributed by atoms with Crippen LogP contribution in [0, 0.1) is 11.3 Å². The summed E-state index contributed by atoms with van der Waals surface area (Å²) >= 11 is 0. The topological polar surface area (TPSA) is 91.4 Å².